The number of nitrogens with one attached hydrogen (secondary N) is 1. The van der Waals surface area contributed by atoms with Gasteiger partial charge < -0.3 is 14.8 Å². The summed E-state index contributed by atoms with van der Waals surface area (Å²) in [6.45, 7) is 4.41. The van der Waals surface area contributed by atoms with Crippen molar-refractivity contribution in [2.24, 2.45) is 0 Å². The summed E-state index contributed by atoms with van der Waals surface area (Å²) in [6.07, 6.45) is 1.97. The van der Waals surface area contributed by atoms with Gasteiger partial charge in [-0.1, -0.05) is 13.0 Å². The first-order valence-electron chi connectivity index (χ1n) is 6.53. The Hall–Kier alpha value is -1.13. The summed E-state index contributed by atoms with van der Waals surface area (Å²) in [4.78, 5) is 0. The molecule has 0 saturated carbocycles. The Kier molecular flexibility index (Phi) is 4.96. The highest BCUT2D eigenvalue weighted by atomic mass is 19.1. The highest BCUT2D eigenvalue weighted by molar-refractivity contribution is 5.23. The van der Waals surface area contributed by atoms with Crippen LogP contribution in [0.4, 0.5) is 4.39 Å². The topological polar surface area (TPSA) is 30.5 Å². The van der Waals surface area contributed by atoms with E-state index in [0.29, 0.717) is 12.4 Å². The van der Waals surface area contributed by atoms with Gasteiger partial charge in [0, 0.05) is 18.7 Å². The summed E-state index contributed by atoms with van der Waals surface area (Å²) >= 11 is 0. The maximum Gasteiger partial charge on any atom is 0.137 e. The zero-order valence-electron chi connectivity index (χ0n) is 10.7. The third-order valence-corrected chi connectivity index (χ3v) is 3.04. The molecule has 1 aliphatic heterocycles. The Morgan fingerprint density at radius 1 is 1.50 bits per heavy atom. The lowest BCUT2D eigenvalue weighted by molar-refractivity contribution is -0.0147. The molecule has 2 atom stereocenters. The van der Waals surface area contributed by atoms with Crippen molar-refractivity contribution < 1.29 is 13.9 Å². The minimum absolute atomic E-state index is 0.0490. The molecule has 1 fully saturated rings. The van der Waals surface area contributed by atoms with Crippen LogP contribution in [0, 0.1) is 5.82 Å². The first-order valence-corrected chi connectivity index (χ1v) is 6.53. The van der Waals surface area contributed by atoms with Gasteiger partial charge in [-0.15, -0.1) is 0 Å². The number of ether oxygens (including phenoxy) is 2. The molecule has 3 nitrogen and oxygen atoms in total. The lowest BCUT2D eigenvalue weighted by Crippen LogP contribution is -2.49. The Balaban J connectivity index is 1.96. The van der Waals surface area contributed by atoms with Gasteiger partial charge in [0.2, 0.25) is 0 Å². The van der Waals surface area contributed by atoms with Crippen LogP contribution in [0.3, 0.4) is 0 Å². The van der Waals surface area contributed by atoms with Gasteiger partial charge in [0.05, 0.1) is 6.61 Å². The summed E-state index contributed by atoms with van der Waals surface area (Å²) in [5.74, 6) is 0.288. The van der Waals surface area contributed by atoms with Gasteiger partial charge >= 0.3 is 0 Å². The molecule has 0 aromatic heterocycles. The van der Waals surface area contributed by atoms with Gasteiger partial charge in [-0.25, -0.2) is 4.39 Å². The molecule has 2 unspecified atom stereocenters. The monoisotopic (exact) mass is 253 g/mol. The van der Waals surface area contributed by atoms with Crippen LogP contribution in [0.25, 0.3) is 0 Å². The van der Waals surface area contributed by atoms with Gasteiger partial charge in [-0.05, 0) is 31.5 Å². The van der Waals surface area contributed by atoms with E-state index in [1.807, 2.05) is 0 Å². The standard InChI is InChI=1S/C14H20FNO2/c1-2-7-16-13-6-8-17-10-14(13)18-12-5-3-4-11(15)9-12/h3-5,9,13-14,16H,2,6-8,10H2,1H3. The second-order valence-corrected chi connectivity index (χ2v) is 4.54. The Morgan fingerprint density at radius 2 is 2.39 bits per heavy atom. The van der Waals surface area contributed by atoms with E-state index in [1.165, 1.54) is 12.1 Å². The fourth-order valence-electron chi connectivity index (χ4n) is 2.11. The molecule has 1 heterocycles. The van der Waals surface area contributed by atoms with Crippen LogP contribution in [0.15, 0.2) is 24.3 Å². The van der Waals surface area contributed by atoms with Crippen molar-refractivity contribution in [3.8, 4) is 5.75 Å². The maximum atomic E-state index is 13.1. The predicted octanol–water partition coefficient (Wildman–Crippen LogP) is 2.36. The third kappa shape index (κ3) is 3.68. The van der Waals surface area contributed by atoms with Crippen molar-refractivity contribution in [2.75, 3.05) is 19.8 Å². The van der Waals surface area contributed by atoms with Crippen LogP contribution in [-0.4, -0.2) is 31.9 Å². The van der Waals surface area contributed by atoms with Crippen LogP contribution in [0.2, 0.25) is 0 Å². The molecule has 0 spiro atoms. The quantitative estimate of drug-likeness (QED) is 0.874. The highest BCUT2D eigenvalue weighted by Crippen LogP contribution is 2.18. The van der Waals surface area contributed by atoms with Gasteiger partial charge in [0.1, 0.15) is 17.7 Å². The predicted molar refractivity (Wildman–Crippen MR) is 68.3 cm³/mol. The van der Waals surface area contributed by atoms with E-state index in [0.717, 1.165) is 26.0 Å². The first-order chi connectivity index (χ1) is 8.79. The lowest BCUT2D eigenvalue weighted by atomic mass is 10.1. The smallest absolute Gasteiger partial charge is 0.137 e. The van der Waals surface area contributed by atoms with Crippen molar-refractivity contribution in [3.05, 3.63) is 30.1 Å². The zero-order chi connectivity index (χ0) is 12.8. The maximum absolute atomic E-state index is 13.1. The van der Waals surface area contributed by atoms with Crippen LogP contribution in [0.5, 0.6) is 5.75 Å². The summed E-state index contributed by atoms with van der Waals surface area (Å²) in [6, 6.07) is 6.53. The number of halogens is 1. The van der Waals surface area contributed by atoms with Crippen LogP contribution < -0.4 is 10.1 Å². The van der Waals surface area contributed by atoms with Crippen molar-refractivity contribution >= 4 is 0 Å². The van der Waals surface area contributed by atoms with Crippen molar-refractivity contribution in [2.45, 2.75) is 31.9 Å². The number of benzene rings is 1. The number of hydrogen-bond acceptors (Lipinski definition) is 3. The molecule has 2 rings (SSSR count). The number of hydrogen-bond donors (Lipinski definition) is 1. The van der Waals surface area contributed by atoms with Gasteiger partial charge in [0.25, 0.3) is 0 Å². The first kappa shape index (κ1) is 13.3. The van der Waals surface area contributed by atoms with E-state index in [4.69, 9.17) is 9.47 Å². The van der Waals surface area contributed by atoms with E-state index >= 15 is 0 Å². The molecule has 0 radical (unpaired) electrons. The summed E-state index contributed by atoms with van der Waals surface area (Å²) in [7, 11) is 0. The summed E-state index contributed by atoms with van der Waals surface area (Å²) in [5.41, 5.74) is 0. The Bertz CT molecular complexity index is 373. The Morgan fingerprint density at radius 3 is 3.17 bits per heavy atom. The molecule has 18 heavy (non-hydrogen) atoms. The van der Waals surface area contributed by atoms with Gasteiger partial charge in [0.15, 0.2) is 0 Å². The molecule has 4 heteroatoms. The molecule has 0 aliphatic carbocycles. The average Bonchev–Trinajstić information content (AvgIpc) is 2.38. The second-order valence-electron chi connectivity index (χ2n) is 4.54. The van der Waals surface area contributed by atoms with Crippen molar-refractivity contribution in [1.82, 2.24) is 5.32 Å². The summed E-state index contributed by atoms with van der Waals surface area (Å²) in [5, 5.41) is 3.46. The molecule has 1 aromatic rings. The van der Waals surface area contributed by atoms with E-state index in [9.17, 15) is 4.39 Å². The van der Waals surface area contributed by atoms with E-state index in [2.05, 4.69) is 12.2 Å². The van der Waals surface area contributed by atoms with E-state index in [-0.39, 0.29) is 18.0 Å². The van der Waals surface area contributed by atoms with E-state index in [1.54, 1.807) is 12.1 Å². The minimum atomic E-state index is -0.276. The Labute approximate surface area is 107 Å². The fourth-order valence-corrected chi connectivity index (χ4v) is 2.11. The van der Waals surface area contributed by atoms with Gasteiger partial charge in [-0.3, -0.25) is 0 Å². The van der Waals surface area contributed by atoms with Crippen LogP contribution >= 0.6 is 0 Å². The lowest BCUT2D eigenvalue weighted by Gasteiger charge is -2.32. The fraction of sp³-hybridized carbons (Fsp3) is 0.571. The molecule has 100 valence electrons. The molecule has 1 aromatic carbocycles. The normalized spacial score (nSPS) is 23.9. The van der Waals surface area contributed by atoms with Crippen LogP contribution in [0.1, 0.15) is 19.8 Å². The molecular weight excluding hydrogens is 233 g/mol. The molecular formula is C14H20FNO2. The van der Waals surface area contributed by atoms with Crippen molar-refractivity contribution in [1.29, 1.82) is 0 Å². The van der Waals surface area contributed by atoms with Gasteiger partial charge in [-0.2, -0.15) is 0 Å². The summed E-state index contributed by atoms with van der Waals surface area (Å²) < 4.78 is 24.3. The minimum Gasteiger partial charge on any atom is -0.486 e. The molecule has 1 N–H and O–H groups in total. The second kappa shape index (κ2) is 6.71. The molecule has 0 bridgehead atoms. The molecule has 1 saturated heterocycles. The largest absolute Gasteiger partial charge is 0.486 e. The van der Waals surface area contributed by atoms with Crippen molar-refractivity contribution in [3.63, 3.8) is 0 Å². The third-order valence-electron chi connectivity index (χ3n) is 3.04. The average molecular weight is 253 g/mol. The highest BCUT2D eigenvalue weighted by Gasteiger charge is 2.26. The van der Waals surface area contributed by atoms with E-state index < -0.39 is 0 Å². The SMILES string of the molecule is CCCNC1CCOCC1Oc1cccc(F)c1. The zero-order valence-corrected chi connectivity index (χ0v) is 10.7. The molecule has 0 amide bonds. The molecule has 1 aliphatic rings. The number of rotatable bonds is 5. The van der Waals surface area contributed by atoms with Crippen LogP contribution in [-0.2, 0) is 4.74 Å².